The summed E-state index contributed by atoms with van der Waals surface area (Å²) in [6.45, 7) is 0. The van der Waals surface area contributed by atoms with Crippen LogP contribution < -0.4 is 0 Å². The molecule has 1 heterocycles. The zero-order valence-electron chi connectivity index (χ0n) is 10.6. The third-order valence-corrected chi connectivity index (χ3v) is 3.73. The first-order chi connectivity index (χ1) is 9.86. The number of aromatic nitrogens is 3. The van der Waals surface area contributed by atoms with Crippen LogP contribution >= 0.6 is 0 Å². The Bertz CT molecular complexity index is 855. The minimum atomic E-state index is 0.330. The van der Waals surface area contributed by atoms with Crippen LogP contribution in [0.4, 0.5) is 0 Å². The summed E-state index contributed by atoms with van der Waals surface area (Å²) in [6.07, 6.45) is 0.968. The van der Waals surface area contributed by atoms with E-state index in [1.807, 2.05) is 6.07 Å². The molecule has 1 aliphatic rings. The van der Waals surface area contributed by atoms with E-state index in [1.165, 1.54) is 22.3 Å². The largest absolute Gasteiger partial charge is 0.196 e. The van der Waals surface area contributed by atoms with E-state index < -0.39 is 0 Å². The number of hydrogen-bond donors (Lipinski definition) is 1. The summed E-state index contributed by atoms with van der Waals surface area (Å²) < 4.78 is 0. The van der Waals surface area contributed by atoms with E-state index in [1.54, 1.807) is 0 Å². The molecule has 0 unspecified atom stereocenters. The fraction of sp³-hybridized carbons (Fsp3) is 0.0625. The van der Waals surface area contributed by atoms with Gasteiger partial charge in [-0.3, -0.25) is 0 Å². The van der Waals surface area contributed by atoms with Crippen molar-refractivity contribution in [2.24, 2.45) is 0 Å². The van der Waals surface area contributed by atoms with Gasteiger partial charge in [-0.25, -0.2) is 0 Å². The highest BCUT2D eigenvalue weighted by atomic mass is 15.3. The maximum absolute atomic E-state index is 9.05. The Kier molecular flexibility index (Phi) is 2.21. The number of nitrogens with one attached hydrogen (secondary N) is 1. The van der Waals surface area contributed by atoms with Crippen LogP contribution in [-0.2, 0) is 6.42 Å². The van der Waals surface area contributed by atoms with E-state index in [0.717, 1.165) is 12.0 Å². The molecule has 94 valence electrons. The maximum atomic E-state index is 9.05. The maximum Gasteiger partial charge on any atom is 0.190 e. The summed E-state index contributed by atoms with van der Waals surface area (Å²) >= 11 is 0. The number of nitrogens with zero attached hydrogens (tertiary/aromatic N) is 3. The average Bonchev–Trinajstić information content (AvgIpc) is 3.10. The standard InChI is InChI=1S/C16H10N4/c17-9-15-16(19-20-18-15)12-6-5-11-7-10-3-1-2-4-13(10)14(11)8-12/h1-6,8H,7H2,(H,18,19,20). The van der Waals surface area contributed by atoms with Crippen LogP contribution in [0.2, 0.25) is 0 Å². The van der Waals surface area contributed by atoms with Crippen molar-refractivity contribution in [2.45, 2.75) is 6.42 Å². The zero-order chi connectivity index (χ0) is 13.5. The fourth-order valence-corrected chi connectivity index (χ4v) is 2.78. The van der Waals surface area contributed by atoms with Crippen LogP contribution in [0.5, 0.6) is 0 Å². The van der Waals surface area contributed by atoms with Crippen LogP contribution in [0.3, 0.4) is 0 Å². The molecular weight excluding hydrogens is 248 g/mol. The Morgan fingerprint density at radius 3 is 2.75 bits per heavy atom. The SMILES string of the molecule is N#Cc1n[nH]nc1-c1ccc2c(c1)-c1ccccc1C2. The first-order valence-electron chi connectivity index (χ1n) is 6.39. The molecule has 0 fully saturated rings. The molecule has 0 saturated carbocycles. The fourth-order valence-electron chi connectivity index (χ4n) is 2.78. The predicted octanol–water partition coefficient (Wildman–Crippen LogP) is 2.91. The third kappa shape index (κ3) is 1.47. The predicted molar refractivity (Wildman–Crippen MR) is 74.8 cm³/mol. The molecule has 3 aromatic rings. The van der Waals surface area contributed by atoms with Crippen LogP contribution in [-0.4, -0.2) is 15.4 Å². The Morgan fingerprint density at radius 1 is 1.00 bits per heavy atom. The van der Waals surface area contributed by atoms with Crippen molar-refractivity contribution in [3.8, 4) is 28.5 Å². The zero-order valence-corrected chi connectivity index (χ0v) is 10.6. The van der Waals surface area contributed by atoms with E-state index in [9.17, 15) is 0 Å². The van der Waals surface area contributed by atoms with Gasteiger partial charge in [0.2, 0.25) is 0 Å². The van der Waals surface area contributed by atoms with Gasteiger partial charge in [-0.05, 0) is 34.7 Å². The molecule has 4 rings (SSSR count). The summed E-state index contributed by atoms with van der Waals surface area (Å²) in [5.74, 6) is 0. The molecule has 4 heteroatoms. The number of aromatic amines is 1. The Balaban J connectivity index is 1.91. The van der Waals surface area contributed by atoms with Crippen molar-refractivity contribution in [3.63, 3.8) is 0 Å². The number of fused-ring (bicyclic) bond motifs is 3. The minimum absolute atomic E-state index is 0.330. The van der Waals surface area contributed by atoms with Gasteiger partial charge in [-0.2, -0.15) is 15.6 Å². The molecular formula is C16H10N4. The second-order valence-electron chi connectivity index (χ2n) is 4.84. The van der Waals surface area contributed by atoms with Crippen LogP contribution in [0.25, 0.3) is 22.4 Å². The van der Waals surface area contributed by atoms with Crippen LogP contribution in [0.1, 0.15) is 16.8 Å². The monoisotopic (exact) mass is 258 g/mol. The number of H-pyrrole nitrogens is 1. The lowest BCUT2D eigenvalue weighted by atomic mass is 10.0. The molecule has 1 aliphatic carbocycles. The van der Waals surface area contributed by atoms with Gasteiger partial charge in [0.05, 0.1) is 0 Å². The normalized spacial score (nSPS) is 11.8. The molecule has 1 N–H and O–H groups in total. The molecule has 0 bridgehead atoms. The lowest BCUT2D eigenvalue weighted by molar-refractivity contribution is 0.937. The second-order valence-corrected chi connectivity index (χ2v) is 4.84. The third-order valence-electron chi connectivity index (χ3n) is 3.73. The quantitative estimate of drug-likeness (QED) is 0.571. The molecule has 0 aliphatic heterocycles. The van der Waals surface area contributed by atoms with Gasteiger partial charge >= 0.3 is 0 Å². The topological polar surface area (TPSA) is 65.4 Å². The highest BCUT2D eigenvalue weighted by Crippen LogP contribution is 2.38. The molecule has 4 nitrogen and oxygen atoms in total. The minimum Gasteiger partial charge on any atom is -0.196 e. The average molecular weight is 258 g/mol. The molecule has 20 heavy (non-hydrogen) atoms. The molecule has 0 amide bonds. The van der Waals surface area contributed by atoms with E-state index in [-0.39, 0.29) is 0 Å². The number of hydrogen-bond acceptors (Lipinski definition) is 3. The number of benzene rings is 2. The summed E-state index contributed by atoms with van der Waals surface area (Å²) in [7, 11) is 0. The van der Waals surface area contributed by atoms with Crippen molar-refractivity contribution in [2.75, 3.05) is 0 Å². The lowest BCUT2D eigenvalue weighted by Crippen LogP contribution is -1.86. The molecule has 0 radical (unpaired) electrons. The van der Waals surface area contributed by atoms with Crippen LogP contribution in [0.15, 0.2) is 42.5 Å². The van der Waals surface area contributed by atoms with E-state index >= 15 is 0 Å². The summed E-state index contributed by atoms with van der Waals surface area (Å²) in [6, 6.07) is 16.7. The van der Waals surface area contributed by atoms with E-state index in [2.05, 4.69) is 57.9 Å². The Morgan fingerprint density at radius 2 is 1.85 bits per heavy atom. The van der Waals surface area contributed by atoms with Gasteiger partial charge in [0.15, 0.2) is 5.69 Å². The van der Waals surface area contributed by atoms with Crippen molar-refractivity contribution >= 4 is 0 Å². The van der Waals surface area contributed by atoms with Gasteiger partial charge in [0.1, 0.15) is 11.8 Å². The summed E-state index contributed by atoms with van der Waals surface area (Å²) in [5.41, 5.74) is 7.02. The number of nitriles is 1. The molecule has 2 aromatic carbocycles. The van der Waals surface area contributed by atoms with E-state index in [4.69, 9.17) is 5.26 Å². The van der Waals surface area contributed by atoms with Crippen molar-refractivity contribution in [1.29, 1.82) is 5.26 Å². The van der Waals surface area contributed by atoms with Crippen molar-refractivity contribution in [3.05, 3.63) is 59.3 Å². The molecule has 0 atom stereocenters. The molecule has 0 saturated heterocycles. The van der Waals surface area contributed by atoms with Gasteiger partial charge in [-0.15, -0.1) is 5.10 Å². The lowest BCUT2D eigenvalue weighted by Gasteiger charge is -2.03. The smallest absolute Gasteiger partial charge is 0.190 e. The molecule has 1 aromatic heterocycles. The van der Waals surface area contributed by atoms with Crippen molar-refractivity contribution < 1.29 is 0 Å². The van der Waals surface area contributed by atoms with Gasteiger partial charge < -0.3 is 0 Å². The first-order valence-corrected chi connectivity index (χ1v) is 6.39. The summed E-state index contributed by atoms with van der Waals surface area (Å²) in [5, 5.41) is 19.5. The second kappa shape index (κ2) is 4.04. The number of rotatable bonds is 1. The summed E-state index contributed by atoms with van der Waals surface area (Å²) in [4.78, 5) is 0. The Labute approximate surface area is 115 Å². The van der Waals surface area contributed by atoms with E-state index in [0.29, 0.717) is 11.4 Å². The van der Waals surface area contributed by atoms with Gasteiger partial charge in [0.25, 0.3) is 0 Å². The highest BCUT2D eigenvalue weighted by Gasteiger charge is 2.19. The first kappa shape index (κ1) is 10.9. The molecule has 0 spiro atoms. The highest BCUT2D eigenvalue weighted by molar-refractivity contribution is 5.81. The van der Waals surface area contributed by atoms with Gasteiger partial charge in [0, 0.05) is 5.56 Å². The Hall–Kier alpha value is -2.93. The van der Waals surface area contributed by atoms with Crippen molar-refractivity contribution in [1.82, 2.24) is 15.4 Å². The van der Waals surface area contributed by atoms with Gasteiger partial charge in [-0.1, -0.05) is 36.4 Å². The van der Waals surface area contributed by atoms with Crippen LogP contribution in [0, 0.1) is 11.3 Å².